The molecule has 12 heteroatoms. The molecule has 1 aromatic heterocycles. The number of carboxylic acids is 1. The van der Waals surface area contributed by atoms with Gasteiger partial charge in [-0.1, -0.05) is 47.4 Å². The van der Waals surface area contributed by atoms with Crippen LogP contribution in [0.15, 0.2) is 75.5 Å². The second-order valence-corrected chi connectivity index (χ2v) is 11.4. The van der Waals surface area contributed by atoms with Gasteiger partial charge in [-0.25, -0.2) is 4.79 Å². The third-order valence-corrected chi connectivity index (χ3v) is 8.78. The summed E-state index contributed by atoms with van der Waals surface area (Å²) in [6, 6.07) is 15.8. The Morgan fingerprint density at radius 2 is 1.95 bits per heavy atom. The van der Waals surface area contributed by atoms with Crippen molar-refractivity contribution in [3.63, 3.8) is 0 Å². The number of carbonyl (C=O) groups is 3. The third kappa shape index (κ3) is 5.21. The van der Waals surface area contributed by atoms with Crippen LogP contribution in [0.3, 0.4) is 0 Å². The largest absolute Gasteiger partial charge is 0.478 e. The Morgan fingerprint density at radius 1 is 1.20 bits per heavy atom. The van der Waals surface area contributed by atoms with E-state index in [1.807, 2.05) is 31.2 Å². The molecule has 0 spiro atoms. The number of nitrogens with one attached hydrogen (secondary N) is 1. The number of carboxylic acid groups (broad SMARTS) is 1. The van der Waals surface area contributed by atoms with Crippen LogP contribution in [0, 0.1) is 18.3 Å². The first-order valence-corrected chi connectivity index (χ1v) is 14.2. The number of anilines is 2. The van der Waals surface area contributed by atoms with Gasteiger partial charge in [0.15, 0.2) is 10.1 Å². The molecular formula is C28H24N6O4S2. The van der Waals surface area contributed by atoms with E-state index in [4.69, 9.17) is 10.8 Å². The van der Waals surface area contributed by atoms with E-state index in [1.54, 1.807) is 4.90 Å². The number of benzene rings is 2. The number of nitrogens with zero attached hydrogens (tertiary/aromatic N) is 4. The van der Waals surface area contributed by atoms with Gasteiger partial charge < -0.3 is 16.2 Å². The first kappa shape index (κ1) is 27.1. The first-order valence-electron chi connectivity index (χ1n) is 12.4. The molecule has 40 heavy (non-hydrogen) atoms. The van der Waals surface area contributed by atoms with Crippen molar-refractivity contribution in [2.75, 3.05) is 16.0 Å². The molecule has 4 N–H and O–H groups in total. The summed E-state index contributed by atoms with van der Waals surface area (Å²) in [6.45, 7) is 1.95. The lowest BCUT2D eigenvalue weighted by Gasteiger charge is -2.38. The predicted octanol–water partition coefficient (Wildman–Crippen LogP) is 4.58. The summed E-state index contributed by atoms with van der Waals surface area (Å²) in [7, 11) is 0. The van der Waals surface area contributed by atoms with E-state index in [0.29, 0.717) is 45.6 Å². The summed E-state index contributed by atoms with van der Waals surface area (Å²) < 4.78 is 0.517. The van der Waals surface area contributed by atoms with Crippen LogP contribution in [0.2, 0.25) is 0 Å². The summed E-state index contributed by atoms with van der Waals surface area (Å²) in [4.78, 5) is 38.4. The average molecular weight is 573 g/mol. The number of ketones is 1. The van der Waals surface area contributed by atoms with Crippen LogP contribution in [0.25, 0.3) is 0 Å². The number of aromatic carboxylic acids is 1. The van der Waals surface area contributed by atoms with Crippen molar-refractivity contribution in [3.05, 3.63) is 87.9 Å². The van der Waals surface area contributed by atoms with Gasteiger partial charge in [0.2, 0.25) is 11.0 Å². The number of hydrogen-bond donors (Lipinski definition) is 3. The van der Waals surface area contributed by atoms with Gasteiger partial charge in [-0.2, -0.15) is 5.26 Å². The van der Waals surface area contributed by atoms with Crippen molar-refractivity contribution >= 4 is 51.6 Å². The summed E-state index contributed by atoms with van der Waals surface area (Å²) in [5, 5.41) is 30.8. The molecule has 1 aliphatic carbocycles. The molecule has 0 saturated carbocycles. The molecule has 0 saturated heterocycles. The first-order chi connectivity index (χ1) is 19.3. The number of nitrogens with two attached hydrogens (primary N) is 1. The lowest BCUT2D eigenvalue weighted by molar-refractivity contribution is -0.116. The van der Waals surface area contributed by atoms with Gasteiger partial charge in [-0.3, -0.25) is 14.5 Å². The Kier molecular flexibility index (Phi) is 7.68. The van der Waals surface area contributed by atoms with Gasteiger partial charge in [0.05, 0.1) is 28.9 Å². The molecule has 1 atom stereocenters. The molecule has 1 unspecified atom stereocenters. The fourth-order valence-electron chi connectivity index (χ4n) is 4.90. The topological polar surface area (TPSA) is 162 Å². The van der Waals surface area contributed by atoms with Gasteiger partial charge in [0, 0.05) is 23.4 Å². The quantitative estimate of drug-likeness (QED) is 0.342. The molecule has 202 valence electrons. The number of amides is 1. The SMILES string of the molecule is Cc1ccccc1C1C(C#N)=C(N)N(c2nnc(SCC(=O)Nc3ccc(C(=O)O)cc3)s2)C2=C1C(=O)CCC2. The molecule has 0 radical (unpaired) electrons. The second-order valence-electron chi connectivity index (χ2n) is 9.24. The van der Waals surface area contributed by atoms with Gasteiger partial charge in [-0.05, 0) is 55.2 Å². The highest BCUT2D eigenvalue weighted by Crippen LogP contribution is 2.47. The van der Waals surface area contributed by atoms with E-state index in [0.717, 1.165) is 16.8 Å². The summed E-state index contributed by atoms with van der Waals surface area (Å²) in [6.07, 6.45) is 1.67. The molecule has 10 nitrogen and oxygen atoms in total. The predicted molar refractivity (Wildman–Crippen MR) is 152 cm³/mol. The molecular weight excluding hydrogens is 548 g/mol. The van der Waals surface area contributed by atoms with Crippen molar-refractivity contribution in [2.45, 2.75) is 36.4 Å². The highest BCUT2D eigenvalue weighted by atomic mass is 32.2. The highest BCUT2D eigenvalue weighted by Gasteiger charge is 2.41. The lowest BCUT2D eigenvalue weighted by Crippen LogP contribution is -2.38. The number of thioether (sulfide) groups is 1. The molecule has 0 bridgehead atoms. The maximum absolute atomic E-state index is 13.3. The molecule has 0 fully saturated rings. The van der Waals surface area contributed by atoms with E-state index in [2.05, 4.69) is 21.6 Å². The molecule has 1 aliphatic heterocycles. The number of aryl methyl sites for hydroxylation is 1. The van der Waals surface area contributed by atoms with E-state index in [9.17, 15) is 19.6 Å². The highest BCUT2D eigenvalue weighted by molar-refractivity contribution is 8.01. The maximum Gasteiger partial charge on any atom is 0.335 e. The lowest BCUT2D eigenvalue weighted by atomic mass is 9.75. The van der Waals surface area contributed by atoms with Crippen LogP contribution in [0.4, 0.5) is 10.8 Å². The average Bonchev–Trinajstić information content (AvgIpc) is 3.40. The zero-order chi connectivity index (χ0) is 28.4. The van der Waals surface area contributed by atoms with Crippen molar-refractivity contribution in [1.82, 2.24) is 10.2 Å². The minimum absolute atomic E-state index is 0.00748. The smallest absolute Gasteiger partial charge is 0.335 e. The zero-order valence-corrected chi connectivity index (χ0v) is 23.0. The van der Waals surface area contributed by atoms with Crippen molar-refractivity contribution in [1.29, 1.82) is 5.26 Å². The van der Waals surface area contributed by atoms with Crippen molar-refractivity contribution < 1.29 is 19.5 Å². The third-order valence-electron chi connectivity index (χ3n) is 6.74. The Bertz CT molecular complexity index is 1620. The van der Waals surface area contributed by atoms with E-state index >= 15 is 0 Å². The number of allylic oxidation sites excluding steroid dienone is 3. The minimum Gasteiger partial charge on any atom is -0.478 e. The molecule has 1 amide bonds. The number of carbonyl (C=O) groups excluding carboxylic acids is 2. The monoisotopic (exact) mass is 572 g/mol. The maximum atomic E-state index is 13.3. The number of Topliss-reactive ketones (excluding diaryl/α,β-unsaturated/α-hetero) is 1. The number of aromatic nitrogens is 2. The number of rotatable bonds is 7. The van der Waals surface area contributed by atoms with Gasteiger partial charge >= 0.3 is 5.97 Å². The Labute approximate surface area is 238 Å². The van der Waals surface area contributed by atoms with Crippen LogP contribution in [-0.2, 0) is 9.59 Å². The van der Waals surface area contributed by atoms with Gasteiger partial charge in [0.1, 0.15) is 5.82 Å². The van der Waals surface area contributed by atoms with E-state index in [-0.39, 0.29) is 28.8 Å². The summed E-state index contributed by atoms with van der Waals surface area (Å²) in [5.74, 6) is -1.62. The second kappa shape index (κ2) is 11.3. The molecule has 2 heterocycles. The molecule has 5 rings (SSSR count). The Hall–Kier alpha value is -4.47. The van der Waals surface area contributed by atoms with Crippen LogP contribution in [0.1, 0.15) is 46.7 Å². The standard InChI is InChI=1S/C28H24N6O4S2/c1-15-5-2-3-6-18(15)23-19(13-29)25(30)34(20-7-4-8-21(35)24(20)23)27-32-33-28(40-27)39-14-22(36)31-17-11-9-16(10-12-17)26(37)38/h2-3,5-6,9-12,23H,4,7-8,14,30H2,1H3,(H,31,36)(H,37,38). The number of nitriles is 1. The van der Waals surface area contributed by atoms with E-state index < -0.39 is 11.9 Å². The van der Waals surface area contributed by atoms with Crippen LogP contribution >= 0.6 is 23.1 Å². The van der Waals surface area contributed by atoms with Crippen LogP contribution in [0.5, 0.6) is 0 Å². The molecule has 2 aromatic carbocycles. The zero-order valence-electron chi connectivity index (χ0n) is 21.4. The van der Waals surface area contributed by atoms with Gasteiger partial charge in [0.25, 0.3) is 0 Å². The summed E-state index contributed by atoms with van der Waals surface area (Å²) in [5.41, 5.74) is 10.7. The summed E-state index contributed by atoms with van der Waals surface area (Å²) >= 11 is 2.40. The number of hydrogen-bond acceptors (Lipinski definition) is 10. The van der Waals surface area contributed by atoms with Gasteiger partial charge in [-0.15, -0.1) is 10.2 Å². The fraction of sp³-hybridized carbons (Fsp3) is 0.214. The Morgan fingerprint density at radius 3 is 2.65 bits per heavy atom. The van der Waals surface area contributed by atoms with Crippen molar-refractivity contribution in [3.8, 4) is 6.07 Å². The molecule has 2 aliphatic rings. The minimum atomic E-state index is -1.04. The fourth-order valence-corrected chi connectivity index (χ4v) is 6.58. The Balaban J connectivity index is 1.38. The van der Waals surface area contributed by atoms with E-state index in [1.165, 1.54) is 47.4 Å². The van der Waals surface area contributed by atoms with Crippen molar-refractivity contribution in [2.24, 2.45) is 5.73 Å². The van der Waals surface area contributed by atoms with Crippen LogP contribution in [-0.4, -0.2) is 38.7 Å². The van der Waals surface area contributed by atoms with Crippen LogP contribution < -0.4 is 16.0 Å². The normalized spacial score (nSPS) is 16.9. The molecule has 3 aromatic rings.